The van der Waals surface area contributed by atoms with Crippen molar-refractivity contribution >= 4 is 29.3 Å². The summed E-state index contributed by atoms with van der Waals surface area (Å²) >= 11 is 0. The Balaban J connectivity index is 0.00000231. The lowest BCUT2D eigenvalue weighted by Gasteiger charge is -2.39. The van der Waals surface area contributed by atoms with Gasteiger partial charge in [-0.1, -0.05) is 0 Å². The topological polar surface area (TPSA) is 107 Å². The van der Waals surface area contributed by atoms with Crippen LogP contribution in [-0.4, -0.2) is 31.3 Å². The zero-order valence-corrected chi connectivity index (χ0v) is 18.4. The first-order valence-electron chi connectivity index (χ1n) is 10.4. The highest BCUT2D eigenvalue weighted by Gasteiger charge is 2.31. The largest absolute Gasteiger partial charge is 0.506 e. The maximum atomic E-state index is 12.3. The van der Waals surface area contributed by atoms with Gasteiger partial charge in [-0.15, -0.1) is 12.4 Å². The summed E-state index contributed by atoms with van der Waals surface area (Å²) < 4.78 is 2.20. The molecule has 0 amide bonds. The fourth-order valence-corrected chi connectivity index (χ4v) is 4.84. The Hall–Kier alpha value is -2.77. The van der Waals surface area contributed by atoms with Crippen molar-refractivity contribution in [3.8, 4) is 17.0 Å². The molecule has 4 N–H and O–H groups in total. The van der Waals surface area contributed by atoms with Crippen LogP contribution in [0.4, 0.5) is 0 Å². The minimum Gasteiger partial charge on any atom is -0.506 e. The number of pyridine rings is 1. The van der Waals surface area contributed by atoms with Crippen LogP contribution in [0.25, 0.3) is 22.2 Å². The molecule has 2 aromatic heterocycles. The number of carbonyl (C=O) groups is 1. The van der Waals surface area contributed by atoms with Crippen LogP contribution < -0.4 is 10.9 Å². The number of fused-ring (bicyclic) bond motifs is 4. The predicted molar refractivity (Wildman–Crippen MR) is 121 cm³/mol. The Morgan fingerprint density at radius 1 is 1.26 bits per heavy atom. The number of aromatic carboxylic acids is 1. The summed E-state index contributed by atoms with van der Waals surface area (Å²) in [5, 5.41) is 24.4. The summed E-state index contributed by atoms with van der Waals surface area (Å²) in [5.74, 6) is -1.84. The van der Waals surface area contributed by atoms with Gasteiger partial charge in [0.1, 0.15) is 5.75 Å². The summed E-state index contributed by atoms with van der Waals surface area (Å²) in [6.45, 7) is 3.06. The van der Waals surface area contributed by atoms with Crippen LogP contribution in [0.1, 0.15) is 53.4 Å². The number of aromatic amines is 1. The molecule has 0 aliphatic heterocycles. The van der Waals surface area contributed by atoms with E-state index < -0.39 is 22.8 Å². The lowest BCUT2D eigenvalue weighted by atomic mass is 9.78. The number of rotatable bonds is 4. The van der Waals surface area contributed by atoms with Gasteiger partial charge >= 0.3 is 5.97 Å². The molecule has 5 rings (SSSR count). The highest BCUT2D eigenvalue weighted by Crippen LogP contribution is 2.39. The van der Waals surface area contributed by atoms with Gasteiger partial charge < -0.3 is 25.1 Å². The fourth-order valence-electron chi connectivity index (χ4n) is 4.84. The Morgan fingerprint density at radius 2 is 2.00 bits per heavy atom. The summed E-state index contributed by atoms with van der Waals surface area (Å²) in [6, 6.07) is 6.33. The molecule has 0 spiro atoms. The van der Waals surface area contributed by atoms with Gasteiger partial charge in [0.25, 0.3) is 5.56 Å². The molecule has 2 aliphatic rings. The van der Waals surface area contributed by atoms with Crippen molar-refractivity contribution in [3.05, 3.63) is 50.9 Å². The minimum atomic E-state index is -1.42. The summed E-state index contributed by atoms with van der Waals surface area (Å²) in [5.41, 5.74) is 4.14. The molecule has 1 saturated carbocycles. The Kier molecular flexibility index (Phi) is 5.14. The molecule has 3 aromatic rings. The smallest absolute Gasteiger partial charge is 0.345 e. The van der Waals surface area contributed by atoms with Crippen LogP contribution in [0, 0.1) is 0 Å². The number of aromatic nitrogens is 2. The molecule has 2 heterocycles. The zero-order chi connectivity index (χ0) is 21.2. The van der Waals surface area contributed by atoms with E-state index in [2.05, 4.69) is 41.0 Å². The average molecular weight is 444 g/mol. The normalized spacial score (nSPS) is 16.2. The van der Waals surface area contributed by atoms with Crippen LogP contribution >= 0.6 is 12.4 Å². The summed E-state index contributed by atoms with van der Waals surface area (Å²) in [6.07, 6.45) is 4.84. The molecule has 31 heavy (non-hydrogen) atoms. The summed E-state index contributed by atoms with van der Waals surface area (Å²) in [7, 11) is 2.07. The van der Waals surface area contributed by atoms with Gasteiger partial charge in [-0.3, -0.25) is 4.79 Å². The molecule has 7 nitrogen and oxygen atoms in total. The van der Waals surface area contributed by atoms with Crippen molar-refractivity contribution < 1.29 is 15.0 Å². The molecule has 8 heteroatoms. The number of hydrogen-bond acceptors (Lipinski definition) is 4. The van der Waals surface area contributed by atoms with E-state index in [4.69, 9.17) is 0 Å². The number of aromatic hydroxyl groups is 1. The molecule has 0 bridgehead atoms. The number of nitrogens with one attached hydrogen (secondary N) is 2. The molecule has 1 aromatic carbocycles. The van der Waals surface area contributed by atoms with E-state index in [0.29, 0.717) is 24.1 Å². The quantitative estimate of drug-likeness (QED) is 0.493. The number of carboxylic acids is 1. The molecular formula is C23H26ClN3O4. The van der Waals surface area contributed by atoms with Crippen LogP contribution in [0.5, 0.6) is 5.75 Å². The number of H-pyrrole nitrogens is 1. The van der Waals surface area contributed by atoms with Gasteiger partial charge in [0.2, 0.25) is 0 Å². The number of hydrogen-bond donors (Lipinski definition) is 4. The highest BCUT2D eigenvalue weighted by molar-refractivity contribution is 5.94. The van der Waals surface area contributed by atoms with E-state index in [1.165, 1.54) is 25.0 Å². The second-order valence-corrected chi connectivity index (χ2v) is 8.87. The Bertz CT molecular complexity index is 1270. The lowest BCUT2D eigenvalue weighted by molar-refractivity contribution is 0.0691. The molecule has 2 aliphatic carbocycles. The standard InChI is InChI=1S/C23H25N3O4.ClH/c1-23(6-3-7-23)24-11-14-8-13-9-16-12(10-17(13)26(14)2)4-5-15-19(16)25-21(28)18(20(15)27)22(29)30;/h8-10,24H,3-7,11H2,1-2H3,(H,29,30)(H2,25,27,28);1H. The highest BCUT2D eigenvalue weighted by atomic mass is 35.5. The molecule has 0 unspecified atom stereocenters. The van der Waals surface area contributed by atoms with Crippen LogP contribution in [0.15, 0.2) is 23.0 Å². The van der Waals surface area contributed by atoms with Gasteiger partial charge in [-0.25, -0.2) is 4.79 Å². The van der Waals surface area contributed by atoms with Gasteiger partial charge in [0.05, 0.1) is 5.69 Å². The number of halogens is 1. The van der Waals surface area contributed by atoms with E-state index in [9.17, 15) is 19.8 Å². The number of aryl methyl sites for hydroxylation is 2. The van der Waals surface area contributed by atoms with Crippen molar-refractivity contribution in [1.82, 2.24) is 14.9 Å². The Labute approximate surface area is 185 Å². The van der Waals surface area contributed by atoms with Crippen LogP contribution in [0.3, 0.4) is 0 Å². The molecule has 0 saturated heterocycles. The monoisotopic (exact) mass is 443 g/mol. The third-order valence-corrected chi connectivity index (χ3v) is 6.94. The van der Waals surface area contributed by atoms with E-state index in [1.807, 2.05) is 6.07 Å². The third kappa shape index (κ3) is 3.32. The third-order valence-electron chi connectivity index (χ3n) is 6.94. The van der Waals surface area contributed by atoms with E-state index in [0.717, 1.165) is 28.6 Å². The lowest BCUT2D eigenvalue weighted by Crippen LogP contribution is -2.47. The molecule has 0 atom stereocenters. The molecule has 1 fully saturated rings. The first-order chi connectivity index (χ1) is 14.3. The van der Waals surface area contributed by atoms with Crippen LogP contribution in [0.2, 0.25) is 0 Å². The summed E-state index contributed by atoms with van der Waals surface area (Å²) in [4.78, 5) is 26.4. The van der Waals surface area contributed by atoms with Crippen molar-refractivity contribution in [2.75, 3.05) is 0 Å². The van der Waals surface area contributed by atoms with Gasteiger partial charge in [0.15, 0.2) is 5.56 Å². The van der Waals surface area contributed by atoms with E-state index in [1.54, 1.807) is 0 Å². The molecule has 0 radical (unpaired) electrons. The van der Waals surface area contributed by atoms with Crippen molar-refractivity contribution in [3.63, 3.8) is 0 Å². The van der Waals surface area contributed by atoms with Crippen molar-refractivity contribution in [2.45, 2.75) is 51.1 Å². The van der Waals surface area contributed by atoms with Gasteiger partial charge in [0, 0.05) is 46.9 Å². The van der Waals surface area contributed by atoms with Crippen molar-refractivity contribution in [2.24, 2.45) is 7.05 Å². The average Bonchev–Trinajstić information content (AvgIpc) is 2.98. The van der Waals surface area contributed by atoms with Crippen LogP contribution in [-0.2, 0) is 26.4 Å². The van der Waals surface area contributed by atoms with E-state index in [-0.39, 0.29) is 17.9 Å². The first-order valence-corrected chi connectivity index (χ1v) is 10.4. The van der Waals surface area contributed by atoms with Crippen molar-refractivity contribution in [1.29, 1.82) is 0 Å². The maximum Gasteiger partial charge on any atom is 0.345 e. The second-order valence-electron chi connectivity index (χ2n) is 8.87. The minimum absolute atomic E-state index is 0. The predicted octanol–water partition coefficient (Wildman–Crippen LogP) is 3.49. The van der Waals surface area contributed by atoms with E-state index >= 15 is 0 Å². The SMILES string of the molecule is Cl.Cn1c(CNC2(C)CCC2)cc2cc3c(cc21)CCc1c-3[nH]c(=O)c(C(=O)O)c1O. The maximum absolute atomic E-state index is 12.3. The number of benzene rings is 1. The zero-order valence-electron chi connectivity index (χ0n) is 17.5. The number of carboxylic acid groups (broad SMARTS) is 1. The molecular weight excluding hydrogens is 418 g/mol. The molecule has 164 valence electrons. The van der Waals surface area contributed by atoms with Gasteiger partial charge in [-0.05, 0) is 62.8 Å². The fraction of sp³-hybridized carbons (Fsp3) is 0.391. The Morgan fingerprint density at radius 3 is 2.65 bits per heavy atom. The van der Waals surface area contributed by atoms with Gasteiger partial charge in [-0.2, -0.15) is 0 Å². The number of nitrogens with zero attached hydrogens (tertiary/aromatic N) is 1. The first kappa shape index (κ1) is 21.5. The second kappa shape index (κ2) is 7.43.